The van der Waals surface area contributed by atoms with Crippen LogP contribution in [-0.4, -0.2) is 36.7 Å². The first-order valence-electron chi connectivity index (χ1n) is 13.1. The third-order valence-corrected chi connectivity index (χ3v) is 8.60. The van der Waals surface area contributed by atoms with Crippen molar-refractivity contribution in [2.45, 2.75) is 62.9 Å². The topological polar surface area (TPSA) is 38.5 Å². The SMILES string of the molecule is COc1ccc(C(C)(C)C)cc1CC1(C(c2ccccc2)c2ccccc2)C(N)C2CCN1CC2. The van der Waals surface area contributed by atoms with Crippen molar-refractivity contribution in [2.24, 2.45) is 11.7 Å². The van der Waals surface area contributed by atoms with Gasteiger partial charge in [0.2, 0.25) is 0 Å². The number of benzene rings is 3. The van der Waals surface area contributed by atoms with Crippen molar-refractivity contribution in [3.63, 3.8) is 0 Å². The van der Waals surface area contributed by atoms with E-state index in [1.54, 1.807) is 7.11 Å². The molecule has 3 heterocycles. The van der Waals surface area contributed by atoms with E-state index in [2.05, 4.69) is 105 Å². The van der Waals surface area contributed by atoms with Crippen LogP contribution in [0.4, 0.5) is 0 Å². The van der Waals surface area contributed by atoms with Gasteiger partial charge in [-0.15, -0.1) is 0 Å². The van der Waals surface area contributed by atoms with E-state index < -0.39 is 0 Å². The molecule has 0 amide bonds. The second-order valence-electron chi connectivity index (χ2n) is 11.5. The van der Waals surface area contributed by atoms with Gasteiger partial charge in [0.05, 0.1) is 12.6 Å². The van der Waals surface area contributed by atoms with E-state index in [0.717, 1.165) is 25.3 Å². The van der Waals surface area contributed by atoms with Gasteiger partial charge in [-0.2, -0.15) is 0 Å². The van der Waals surface area contributed by atoms with Crippen molar-refractivity contribution in [1.82, 2.24) is 4.90 Å². The molecule has 6 rings (SSSR count). The number of ether oxygens (including phenoxy) is 1. The van der Waals surface area contributed by atoms with Crippen molar-refractivity contribution in [2.75, 3.05) is 20.2 Å². The predicted octanol–water partition coefficient (Wildman–Crippen LogP) is 6.16. The van der Waals surface area contributed by atoms with Gasteiger partial charge in [0.25, 0.3) is 0 Å². The molecule has 3 fully saturated rings. The Morgan fingerprint density at radius 1 is 0.914 bits per heavy atom. The van der Waals surface area contributed by atoms with E-state index in [9.17, 15) is 0 Å². The maximum atomic E-state index is 7.36. The lowest BCUT2D eigenvalue weighted by Gasteiger charge is -2.61. The van der Waals surface area contributed by atoms with Crippen LogP contribution in [0.25, 0.3) is 0 Å². The number of nitrogens with two attached hydrogens (primary N) is 1. The van der Waals surface area contributed by atoms with Crippen molar-refractivity contribution in [1.29, 1.82) is 0 Å². The third kappa shape index (κ3) is 4.30. The zero-order chi connectivity index (χ0) is 24.6. The summed E-state index contributed by atoms with van der Waals surface area (Å²) in [6, 6.07) is 28.9. The van der Waals surface area contributed by atoms with Gasteiger partial charge in [0.1, 0.15) is 5.75 Å². The molecule has 0 saturated carbocycles. The second kappa shape index (κ2) is 9.44. The van der Waals surface area contributed by atoms with Crippen LogP contribution in [0.1, 0.15) is 61.8 Å². The molecule has 35 heavy (non-hydrogen) atoms. The quantitative estimate of drug-likeness (QED) is 0.471. The highest BCUT2D eigenvalue weighted by Crippen LogP contribution is 2.51. The zero-order valence-corrected chi connectivity index (χ0v) is 21.7. The minimum Gasteiger partial charge on any atom is -0.496 e. The second-order valence-corrected chi connectivity index (χ2v) is 11.5. The van der Waals surface area contributed by atoms with E-state index in [4.69, 9.17) is 10.5 Å². The highest BCUT2D eigenvalue weighted by atomic mass is 16.5. The van der Waals surface area contributed by atoms with Gasteiger partial charge in [0.15, 0.2) is 0 Å². The fourth-order valence-corrected chi connectivity index (χ4v) is 6.75. The lowest BCUT2D eigenvalue weighted by atomic mass is 9.59. The van der Waals surface area contributed by atoms with Crippen LogP contribution in [0.5, 0.6) is 5.75 Å². The number of hydrogen-bond acceptors (Lipinski definition) is 3. The molecule has 3 heteroatoms. The molecule has 0 spiro atoms. The summed E-state index contributed by atoms with van der Waals surface area (Å²) in [6.07, 6.45) is 3.25. The van der Waals surface area contributed by atoms with Crippen molar-refractivity contribution in [3.8, 4) is 5.75 Å². The Hall–Kier alpha value is -2.62. The van der Waals surface area contributed by atoms with Gasteiger partial charge >= 0.3 is 0 Å². The molecule has 0 aliphatic carbocycles. The Bertz CT molecular complexity index is 1090. The van der Waals surface area contributed by atoms with Crippen molar-refractivity contribution in [3.05, 3.63) is 101 Å². The number of methoxy groups -OCH3 is 1. The minimum atomic E-state index is -0.229. The number of fused-ring (bicyclic) bond motifs is 3. The summed E-state index contributed by atoms with van der Waals surface area (Å²) in [5.74, 6) is 1.69. The first kappa shape index (κ1) is 24.1. The van der Waals surface area contributed by atoms with Crippen LogP contribution in [0.2, 0.25) is 0 Å². The Morgan fingerprint density at radius 3 is 1.97 bits per heavy atom. The summed E-state index contributed by atoms with van der Waals surface area (Å²) in [5, 5.41) is 0. The molecule has 184 valence electrons. The first-order valence-corrected chi connectivity index (χ1v) is 13.1. The van der Waals surface area contributed by atoms with E-state index in [-0.39, 0.29) is 22.9 Å². The van der Waals surface area contributed by atoms with Gasteiger partial charge < -0.3 is 10.5 Å². The van der Waals surface area contributed by atoms with Crippen LogP contribution in [0.15, 0.2) is 78.9 Å². The summed E-state index contributed by atoms with van der Waals surface area (Å²) in [7, 11) is 1.79. The molecule has 2 unspecified atom stereocenters. The maximum Gasteiger partial charge on any atom is 0.122 e. The molecular formula is C32H40N2O. The molecule has 2 bridgehead atoms. The molecule has 0 radical (unpaired) electrons. The van der Waals surface area contributed by atoms with E-state index >= 15 is 0 Å². The van der Waals surface area contributed by atoms with Crippen LogP contribution < -0.4 is 10.5 Å². The average molecular weight is 469 g/mol. The molecular weight excluding hydrogens is 428 g/mol. The molecule has 3 nitrogen and oxygen atoms in total. The van der Waals surface area contributed by atoms with Gasteiger partial charge in [0, 0.05) is 12.0 Å². The molecule has 3 aromatic rings. The summed E-state index contributed by atoms with van der Waals surface area (Å²) < 4.78 is 5.95. The summed E-state index contributed by atoms with van der Waals surface area (Å²) in [6.45, 7) is 9.06. The van der Waals surface area contributed by atoms with Crippen LogP contribution in [0, 0.1) is 5.92 Å². The Kier molecular flexibility index (Phi) is 6.50. The van der Waals surface area contributed by atoms with E-state index in [0.29, 0.717) is 5.92 Å². The molecule has 2 N–H and O–H groups in total. The molecule has 3 aromatic carbocycles. The highest BCUT2D eigenvalue weighted by molar-refractivity contribution is 5.45. The molecule has 3 aliphatic heterocycles. The van der Waals surface area contributed by atoms with Crippen LogP contribution >= 0.6 is 0 Å². The van der Waals surface area contributed by atoms with Gasteiger partial charge in [-0.05, 0) is 72.0 Å². The van der Waals surface area contributed by atoms with Crippen molar-refractivity contribution < 1.29 is 4.74 Å². The number of piperidine rings is 3. The van der Waals surface area contributed by atoms with Crippen LogP contribution in [0.3, 0.4) is 0 Å². The molecule has 2 atom stereocenters. The van der Waals surface area contributed by atoms with Crippen LogP contribution in [-0.2, 0) is 11.8 Å². The number of hydrogen-bond donors (Lipinski definition) is 1. The molecule has 0 aromatic heterocycles. The summed E-state index contributed by atoms with van der Waals surface area (Å²) >= 11 is 0. The Balaban J connectivity index is 1.73. The smallest absolute Gasteiger partial charge is 0.122 e. The largest absolute Gasteiger partial charge is 0.496 e. The first-order chi connectivity index (χ1) is 16.8. The monoisotopic (exact) mass is 468 g/mol. The lowest BCUT2D eigenvalue weighted by molar-refractivity contribution is -0.0590. The predicted molar refractivity (Wildman–Crippen MR) is 145 cm³/mol. The van der Waals surface area contributed by atoms with Gasteiger partial charge in [-0.25, -0.2) is 0 Å². The highest BCUT2D eigenvalue weighted by Gasteiger charge is 2.56. The van der Waals surface area contributed by atoms with E-state index in [1.807, 2.05) is 0 Å². The molecule has 3 saturated heterocycles. The van der Waals surface area contributed by atoms with E-state index in [1.165, 1.54) is 35.1 Å². The standard InChI is InChI=1S/C32H40N2O/c1-31(2,3)27-15-16-28(35-4)26(21-27)22-32(30(33)25-17-19-34(32)20-18-25)29(23-11-7-5-8-12-23)24-13-9-6-10-14-24/h5-16,21,25,29-30H,17-20,22,33H2,1-4H3. The van der Waals surface area contributed by atoms with Gasteiger partial charge in [-0.1, -0.05) is 93.6 Å². The number of rotatable bonds is 6. The Morgan fingerprint density at radius 2 is 1.49 bits per heavy atom. The normalized spacial score (nSPS) is 26.2. The minimum absolute atomic E-state index is 0.0699. The zero-order valence-electron chi connectivity index (χ0n) is 21.7. The van der Waals surface area contributed by atoms with Crippen molar-refractivity contribution >= 4 is 0 Å². The average Bonchev–Trinajstić information content (AvgIpc) is 2.88. The lowest BCUT2D eigenvalue weighted by Crippen LogP contribution is -2.73. The third-order valence-electron chi connectivity index (χ3n) is 8.60. The fraction of sp³-hybridized carbons (Fsp3) is 0.438. The maximum absolute atomic E-state index is 7.36. The Labute approximate surface area is 211 Å². The fourth-order valence-electron chi connectivity index (χ4n) is 6.75. The summed E-state index contributed by atoms with van der Waals surface area (Å²) in [4.78, 5) is 2.73. The summed E-state index contributed by atoms with van der Waals surface area (Å²) in [5.41, 5.74) is 12.5. The van der Waals surface area contributed by atoms with Gasteiger partial charge in [-0.3, -0.25) is 4.90 Å². The molecule has 3 aliphatic rings. The number of nitrogens with zero attached hydrogens (tertiary/aromatic N) is 1.